The molecule has 1 aromatic rings. The SMILES string of the molecule is [B]OC(=O)c1ncnn1C(C)C(F)F. The number of hydrogen-bond acceptors (Lipinski definition) is 4. The van der Waals surface area contributed by atoms with Crippen LogP contribution in [0.4, 0.5) is 8.78 Å². The van der Waals surface area contributed by atoms with Crippen LogP contribution in [0, 0.1) is 0 Å². The maximum atomic E-state index is 12.3. The fourth-order valence-corrected chi connectivity index (χ4v) is 0.854. The van der Waals surface area contributed by atoms with Gasteiger partial charge in [-0.2, -0.15) is 5.10 Å². The summed E-state index contributed by atoms with van der Waals surface area (Å²) in [6.07, 6.45) is -1.67. The molecule has 1 unspecified atom stereocenters. The minimum absolute atomic E-state index is 0.347. The van der Waals surface area contributed by atoms with E-state index in [0.717, 1.165) is 11.0 Å². The topological polar surface area (TPSA) is 57.0 Å². The number of nitrogens with zero attached hydrogens (tertiary/aromatic N) is 3. The lowest BCUT2D eigenvalue weighted by molar-refractivity contribution is 0.0669. The molecule has 0 bridgehead atoms. The van der Waals surface area contributed by atoms with Gasteiger partial charge in [0.15, 0.2) is 0 Å². The highest BCUT2D eigenvalue weighted by atomic mass is 19.3. The molecule has 0 aromatic carbocycles. The molecule has 1 aromatic heterocycles. The summed E-state index contributed by atoms with van der Waals surface area (Å²) in [5.41, 5.74) is 0. The fraction of sp³-hybridized carbons (Fsp3) is 0.500. The van der Waals surface area contributed by atoms with E-state index in [1.54, 1.807) is 0 Å². The van der Waals surface area contributed by atoms with E-state index in [1.807, 2.05) is 0 Å². The number of halogens is 2. The average molecular weight is 201 g/mol. The Hall–Kier alpha value is -1.47. The van der Waals surface area contributed by atoms with Gasteiger partial charge in [-0.3, -0.25) is 0 Å². The van der Waals surface area contributed by atoms with Gasteiger partial charge in [0, 0.05) is 0 Å². The first-order valence-corrected chi connectivity index (χ1v) is 3.66. The van der Waals surface area contributed by atoms with Gasteiger partial charge in [-0.1, -0.05) is 0 Å². The molecule has 0 N–H and O–H groups in total. The summed E-state index contributed by atoms with van der Waals surface area (Å²) < 4.78 is 29.2. The fourth-order valence-electron chi connectivity index (χ4n) is 0.854. The molecule has 0 fully saturated rings. The van der Waals surface area contributed by atoms with Crippen molar-refractivity contribution >= 4 is 14.0 Å². The van der Waals surface area contributed by atoms with Crippen LogP contribution in [0.3, 0.4) is 0 Å². The van der Waals surface area contributed by atoms with Crippen LogP contribution in [0.2, 0.25) is 0 Å². The summed E-state index contributed by atoms with van der Waals surface area (Å²) in [5, 5.41) is 3.48. The van der Waals surface area contributed by atoms with Gasteiger partial charge in [0.25, 0.3) is 6.43 Å². The molecule has 8 heteroatoms. The molecule has 0 aliphatic rings. The molecule has 5 nitrogen and oxygen atoms in total. The van der Waals surface area contributed by atoms with E-state index in [1.165, 1.54) is 6.92 Å². The Morgan fingerprint density at radius 1 is 1.71 bits per heavy atom. The summed E-state index contributed by atoms with van der Waals surface area (Å²) in [4.78, 5) is 14.4. The van der Waals surface area contributed by atoms with Crippen molar-refractivity contribution in [1.82, 2.24) is 14.8 Å². The summed E-state index contributed by atoms with van der Waals surface area (Å²) in [6, 6.07) is -1.26. The molecule has 1 atom stereocenters. The van der Waals surface area contributed by atoms with Gasteiger partial charge < -0.3 is 4.65 Å². The molecule has 1 heterocycles. The minimum Gasteiger partial charge on any atom is -0.538 e. The first-order chi connectivity index (χ1) is 6.57. The number of carbonyl (C=O) groups excluding carboxylic acids is 1. The van der Waals surface area contributed by atoms with Crippen molar-refractivity contribution in [1.29, 1.82) is 0 Å². The smallest absolute Gasteiger partial charge is 0.379 e. The third-order valence-electron chi connectivity index (χ3n) is 1.61. The molecule has 14 heavy (non-hydrogen) atoms. The second kappa shape index (κ2) is 4.16. The largest absolute Gasteiger partial charge is 0.538 e. The highest BCUT2D eigenvalue weighted by Crippen LogP contribution is 2.15. The number of hydrogen-bond donors (Lipinski definition) is 0. The van der Waals surface area contributed by atoms with Crippen molar-refractivity contribution in [2.45, 2.75) is 19.4 Å². The zero-order valence-corrected chi connectivity index (χ0v) is 7.22. The van der Waals surface area contributed by atoms with Crippen LogP contribution >= 0.6 is 0 Å². The molecule has 0 amide bonds. The van der Waals surface area contributed by atoms with E-state index < -0.39 is 18.4 Å². The van der Waals surface area contributed by atoms with Crippen molar-refractivity contribution < 1.29 is 18.2 Å². The van der Waals surface area contributed by atoms with Crippen molar-refractivity contribution in [3.05, 3.63) is 12.2 Å². The summed E-state index contributed by atoms with van der Waals surface area (Å²) in [6.45, 7) is 1.20. The van der Waals surface area contributed by atoms with Gasteiger partial charge in [0.05, 0.1) is 0 Å². The second-order valence-corrected chi connectivity index (χ2v) is 2.51. The van der Waals surface area contributed by atoms with Crippen LogP contribution in [0.5, 0.6) is 0 Å². The van der Waals surface area contributed by atoms with Crippen molar-refractivity contribution in [3.8, 4) is 0 Å². The van der Waals surface area contributed by atoms with Crippen LogP contribution in [0.1, 0.15) is 23.6 Å². The Kier molecular flexibility index (Phi) is 3.16. The molecule has 0 spiro atoms. The number of aromatic nitrogens is 3. The lowest BCUT2D eigenvalue weighted by atomic mass is 10.3. The Labute approximate surface area is 79.5 Å². The molecule has 1 rings (SSSR count). The van der Waals surface area contributed by atoms with Crippen LogP contribution < -0.4 is 0 Å². The quantitative estimate of drug-likeness (QED) is 0.661. The van der Waals surface area contributed by atoms with Crippen LogP contribution in [0.15, 0.2) is 6.33 Å². The second-order valence-electron chi connectivity index (χ2n) is 2.51. The Morgan fingerprint density at radius 2 is 2.36 bits per heavy atom. The summed E-state index contributed by atoms with van der Waals surface area (Å²) in [5.74, 6) is -1.35. The van der Waals surface area contributed by atoms with E-state index in [-0.39, 0.29) is 5.82 Å². The van der Waals surface area contributed by atoms with Crippen LogP contribution in [0.25, 0.3) is 0 Å². The minimum atomic E-state index is -2.65. The summed E-state index contributed by atoms with van der Waals surface area (Å²) in [7, 11) is 4.59. The first-order valence-electron chi connectivity index (χ1n) is 3.66. The van der Waals surface area contributed by atoms with Gasteiger partial charge in [0.1, 0.15) is 12.4 Å². The lowest BCUT2D eigenvalue weighted by Crippen LogP contribution is -2.21. The lowest BCUT2D eigenvalue weighted by Gasteiger charge is -2.11. The molecule has 0 saturated heterocycles. The first kappa shape index (κ1) is 10.6. The zero-order valence-electron chi connectivity index (χ0n) is 7.22. The van der Waals surface area contributed by atoms with E-state index in [9.17, 15) is 13.6 Å². The third-order valence-corrected chi connectivity index (χ3v) is 1.61. The maximum absolute atomic E-state index is 12.3. The summed E-state index contributed by atoms with van der Waals surface area (Å²) >= 11 is 0. The maximum Gasteiger partial charge on any atom is 0.379 e. The van der Waals surface area contributed by atoms with Crippen LogP contribution in [-0.4, -0.2) is 35.2 Å². The molecule has 0 aliphatic carbocycles. The van der Waals surface area contributed by atoms with Gasteiger partial charge in [-0.15, -0.1) is 0 Å². The molecule has 2 radical (unpaired) electrons. The highest BCUT2D eigenvalue weighted by molar-refractivity contribution is 6.08. The monoisotopic (exact) mass is 201 g/mol. The van der Waals surface area contributed by atoms with Crippen LogP contribution in [-0.2, 0) is 4.65 Å². The van der Waals surface area contributed by atoms with Crippen molar-refractivity contribution in [2.24, 2.45) is 0 Å². The Morgan fingerprint density at radius 3 is 2.86 bits per heavy atom. The number of alkyl halides is 2. The standard InChI is InChI=1S/C6H6BF2N3O2/c1-3(4(8)9)12-5(6(13)14-7)10-2-11-12/h2-4H,1H3. The highest BCUT2D eigenvalue weighted by Gasteiger charge is 2.24. The average Bonchev–Trinajstić information content (AvgIpc) is 2.63. The number of carbonyl (C=O) groups is 1. The van der Waals surface area contributed by atoms with E-state index >= 15 is 0 Å². The van der Waals surface area contributed by atoms with E-state index in [4.69, 9.17) is 0 Å². The molecular formula is C6H6BF2N3O2. The predicted octanol–water partition coefficient (Wildman–Crippen LogP) is 0.345. The van der Waals surface area contributed by atoms with Gasteiger partial charge in [-0.25, -0.2) is 23.2 Å². The molecule has 74 valence electrons. The normalized spacial score (nSPS) is 12.9. The van der Waals surface area contributed by atoms with Crippen molar-refractivity contribution in [2.75, 3.05) is 0 Å². The predicted molar refractivity (Wildman–Crippen MR) is 41.9 cm³/mol. The van der Waals surface area contributed by atoms with Gasteiger partial charge in [0.2, 0.25) is 5.82 Å². The zero-order chi connectivity index (χ0) is 10.7. The number of rotatable bonds is 3. The molecule has 0 saturated carbocycles. The van der Waals surface area contributed by atoms with Gasteiger partial charge >= 0.3 is 14.0 Å². The van der Waals surface area contributed by atoms with E-state index in [2.05, 4.69) is 22.8 Å². The molecular weight excluding hydrogens is 195 g/mol. The van der Waals surface area contributed by atoms with Crippen molar-refractivity contribution in [3.63, 3.8) is 0 Å². The molecule has 0 aliphatic heterocycles. The van der Waals surface area contributed by atoms with Gasteiger partial charge in [-0.05, 0) is 6.92 Å². The Balaban J connectivity index is 2.98. The van der Waals surface area contributed by atoms with E-state index in [0.29, 0.717) is 0 Å². The Bertz CT molecular complexity index is 331. The third kappa shape index (κ3) is 1.89.